The minimum atomic E-state index is 0.839. The molecular weight excluding hydrogens is 268 g/mol. The minimum Gasteiger partial charge on any atom is -0.384 e. The lowest BCUT2D eigenvalue weighted by Gasteiger charge is -2.18. The Hall–Kier alpha value is -1.51. The lowest BCUT2D eigenvalue weighted by molar-refractivity contribution is 0.340. The van der Waals surface area contributed by atoms with E-state index in [1.165, 1.54) is 16.8 Å². The molecule has 3 heteroatoms. The Kier molecular flexibility index (Phi) is 5.45. The third-order valence-corrected chi connectivity index (χ3v) is 3.72. The summed E-state index contributed by atoms with van der Waals surface area (Å²) in [5.74, 6) is 0. The quantitative estimate of drug-likeness (QED) is 0.857. The van der Waals surface area contributed by atoms with Crippen LogP contribution in [0.5, 0.6) is 0 Å². The van der Waals surface area contributed by atoms with Gasteiger partial charge in [-0.25, -0.2) is 0 Å². The molecular formula is C17H21ClN2. The van der Waals surface area contributed by atoms with Crippen LogP contribution < -0.4 is 5.32 Å². The molecule has 2 aromatic carbocycles. The van der Waals surface area contributed by atoms with E-state index >= 15 is 0 Å². The number of hydrogen-bond acceptors (Lipinski definition) is 2. The lowest BCUT2D eigenvalue weighted by Crippen LogP contribution is -2.25. The van der Waals surface area contributed by atoms with Crippen molar-refractivity contribution < 1.29 is 0 Å². The first kappa shape index (κ1) is 14.9. The van der Waals surface area contributed by atoms with E-state index in [1.54, 1.807) is 0 Å². The Morgan fingerprint density at radius 3 is 2.50 bits per heavy atom. The molecule has 2 aromatic rings. The van der Waals surface area contributed by atoms with Gasteiger partial charge in [-0.1, -0.05) is 48.0 Å². The highest BCUT2D eigenvalue weighted by molar-refractivity contribution is 6.31. The van der Waals surface area contributed by atoms with E-state index in [0.29, 0.717) is 0 Å². The topological polar surface area (TPSA) is 15.3 Å². The fourth-order valence-electron chi connectivity index (χ4n) is 2.15. The molecule has 20 heavy (non-hydrogen) atoms. The molecule has 0 fully saturated rings. The zero-order valence-corrected chi connectivity index (χ0v) is 12.8. The van der Waals surface area contributed by atoms with Gasteiger partial charge in [0.25, 0.3) is 0 Å². The smallest absolute Gasteiger partial charge is 0.0451 e. The van der Waals surface area contributed by atoms with Crippen LogP contribution in [-0.4, -0.2) is 25.0 Å². The third kappa shape index (κ3) is 4.26. The van der Waals surface area contributed by atoms with E-state index in [2.05, 4.69) is 54.5 Å². The molecule has 2 nitrogen and oxygen atoms in total. The van der Waals surface area contributed by atoms with Crippen molar-refractivity contribution in [1.82, 2.24) is 4.90 Å². The summed E-state index contributed by atoms with van der Waals surface area (Å²) >= 11 is 6.18. The normalized spacial score (nSPS) is 10.8. The Balaban J connectivity index is 1.80. The number of halogens is 1. The van der Waals surface area contributed by atoms with Gasteiger partial charge >= 0.3 is 0 Å². The first-order valence-electron chi connectivity index (χ1n) is 6.88. The second-order valence-corrected chi connectivity index (χ2v) is 5.48. The van der Waals surface area contributed by atoms with E-state index in [9.17, 15) is 0 Å². The van der Waals surface area contributed by atoms with Crippen molar-refractivity contribution in [3.05, 3.63) is 64.7 Å². The number of anilines is 1. The SMILES string of the molecule is Cc1ccccc1NCCN(C)Cc1ccccc1Cl. The summed E-state index contributed by atoms with van der Waals surface area (Å²) in [7, 11) is 2.11. The monoisotopic (exact) mass is 288 g/mol. The zero-order valence-electron chi connectivity index (χ0n) is 12.1. The molecule has 0 spiro atoms. The molecule has 0 aliphatic carbocycles. The van der Waals surface area contributed by atoms with Crippen LogP contribution >= 0.6 is 11.6 Å². The summed E-state index contributed by atoms with van der Waals surface area (Å²) in [4.78, 5) is 2.27. The van der Waals surface area contributed by atoms with Crippen LogP contribution in [0.15, 0.2) is 48.5 Å². The van der Waals surface area contributed by atoms with Crippen LogP contribution in [0.1, 0.15) is 11.1 Å². The summed E-state index contributed by atoms with van der Waals surface area (Å²) in [5.41, 5.74) is 3.66. The number of nitrogens with one attached hydrogen (secondary N) is 1. The molecule has 0 atom stereocenters. The van der Waals surface area contributed by atoms with Gasteiger partial charge < -0.3 is 10.2 Å². The fraction of sp³-hybridized carbons (Fsp3) is 0.294. The zero-order chi connectivity index (χ0) is 14.4. The van der Waals surface area contributed by atoms with Crippen molar-refractivity contribution in [2.75, 3.05) is 25.5 Å². The number of likely N-dealkylation sites (N-methyl/N-ethyl adjacent to an activating group) is 1. The molecule has 1 N–H and O–H groups in total. The highest BCUT2D eigenvalue weighted by Crippen LogP contribution is 2.16. The molecule has 0 saturated heterocycles. The average Bonchev–Trinajstić information content (AvgIpc) is 2.43. The molecule has 0 aliphatic heterocycles. The Labute approximate surface area is 126 Å². The van der Waals surface area contributed by atoms with E-state index < -0.39 is 0 Å². The van der Waals surface area contributed by atoms with E-state index in [1.807, 2.05) is 18.2 Å². The Morgan fingerprint density at radius 1 is 1.05 bits per heavy atom. The van der Waals surface area contributed by atoms with Crippen LogP contribution in [0.3, 0.4) is 0 Å². The van der Waals surface area contributed by atoms with Crippen LogP contribution in [0.4, 0.5) is 5.69 Å². The highest BCUT2D eigenvalue weighted by Gasteiger charge is 2.04. The molecule has 0 amide bonds. The summed E-state index contributed by atoms with van der Waals surface area (Å²) < 4.78 is 0. The first-order valence-corrected chi connectivity index (χ1v) is 7.26. The fourth-order valence-corrected chi connectivity index (χ4v) is 2.34. The van der Waals surface area contributed by atoms with E-state index in [0.717, 1.165) is 24.7 Å². The van der Waals surface area contributed by atoms with Gasteiger partial charge in [0.05, 0.1) is 0 Å². The Morgan fingerprint density at radius 2 is 1.75 bits per heavy atom. The van der Waals surface area contributed by atoms with Crippen molar-refractivity contribution in [3.8, 4) is 0 Å². The summed E-state index contributed by atoms with van der Waals surface area (Å²) in [6.07, 6.45) is 0. The van der Waals surface area contributed by atoms with Crippen molar-refractivity contribution in [3.63, 3.8) is 0 Å². The lowest BCUT2D eigenvalue weighted by atomic mass is 10.2. The second kappa shape index (κ2) is 7.32. The number of benzene rings is 2. The van der Waals surface area contributed by atoms with Gasteiger partial charge in [-0.3, -0.25) is 0 Å². The maximum atomic E-state index is 6.18. The Bertz CT molecular complexity index is 554. The molecule has 0 radical (unpaired) electrons. The molecule has 106 valence electrons. The van der Waals surface area contributed by atoms with Gasteiger partial charge in [0.15, 0.2) is 0 Å². The van der Waals surface area contributed by atoms with Gasteiger partial charge in [0.1, 0.15) is 0 Å². The average molecular weight is 289 g/mol. The van der Waals surface area contributed by atoms with Gasteiger partial charge in [0, 0.05) is 30.3 Å². The van der Waals surface area contributed by atoms with Gasteiger partial charge in [-0.05, 0) is 37.2 Å². The number of para-hydroxylation sites is 1. The van der Waals surface area contributed by atoms with E-state index in [-0.39, 0.29) is 0 Å². The molecule has 0 unspecified atom stereocenters. The molecule has 0 saturated carbocycles. The predicted octanol–water partition coefficient (Wildman–Crippen LogP) is 4.19. The van der Waals surface area contributed by atoms with Crippen molar-refractivity contribution in [2.24, 2.45) is 0 Å². The van der Waals surface area contributed by atoms with Crippen LogP contribution in [-0.2, 0) is 6.54 Å². The van der Waals surface area contributed by atoms with E-state index in [4.69, 9.17) is 11.6 Å². The largest absolute Gasteiger partial charge is 0.384 e. The summed E-state index contributed by atoms with van der Waals surface area (Å²) in [5, 5.41) is 4.31. The highest BCUT2D eigenvalue weighted by atomic mass is 35.5. The van der Waals surface area contributed by atoms with Crippen LogP contribution in [0, 0.1) is 6.92 Å². The second-order valence-electron chi connectivity index (χ2n) is 5.07. The molecule has 0 aliphatic rings. The molecule has 2 rings (SSSR count). The summed E-state index contributed by atoms with van der Waals surface area (Å²) in [6, 6.07) is 16.4. The molecule has 0 aromatic heterocycles. The van der Waals surface area contributed by atoms with Crippen LogP contribution in [0.25, 0.3) is 0 Å². The molecule has 0 bridgehead atoms. The van der Waals surface area contributed by atoms with Crippen molar-refractivity contribution in [2.45, 2.75) is 13.5 Å². The molecule has 0 heterocycles. The maximum Gasteiger partial charge on any atom is 0.0451 e. The van der Waals surface area contributed by atoms with Gasteiger partial charge in [0.2, 0.25) is 0 Å². The predicted molar refractivity (Wildman–Crippen MR) is 87.5 cm³/mol. The number of hydrogen-bond donors (Lipinski definition) is 1. The maximum absolute atomic E-state index is 6.18. The van der Waals surface area contributed by atoms with Crippen molar-refractivity contribution >= 4 is 17.3 Å². The summed E-state index contributed by atoms with van der Waals surface area (Å²) in [6.45, 7) is 4.89. The minimum absolute atomic E-state index is 0.839. The standard InChI is InChI=1S/C17H21ClN2/c1-14-7-3-6-10-17(14)19-11-12-20(2)13-15-8-4-5-9-16(15)18/h3-10,19H,11-13H2,1-2H3. The third-order valence-electron chi connectivity index (χ3n) is 3.35. The number of aryl methyl sites for hydroxylation is 1. The first-order chi connectivity index (χ1) is 9.66. The number of rotatable bonds is 6. The van der Waals surface area contributed by atoms with Crippen LogP contribution in [0.2, 0.25) is 5.02 Å². The van der Waals surface area contributed by atoms with Crippen molar-refractivity contribution in [1.29, 1.82) is 0 Å². The van der Waals surface area contributed by atoms with Gasteiger partial charge in [-0.15, -0.1) is 0 Å². The van der Waals surface area contributed by atoms with Gasteiger partial charge in [-0.2, -0.15) is 0 Å². The number of nitrogens with zero attached hydrogens (tertiary/aromatic N) is 1.